The number of H-pyrrole nitrogens is 1. The van der Waals surface area contributed by atoms with Crippen LogP contribution >= 0.6 is 0 Å². The quantitative estimate of drug-likeness (QED) is 0.491. The fourth-order valence-electron chi connectivity index (χ4n) is 3.82. The molecule has 19 heavy (non-hydrogen) atoms. The smallest absolute Gasteiger partial charge is 0.210 e. The van der Waals surface area contributed by atoms with Crippen molar-refractivity contribution in [2.45, 2.75) is 32.6 Å². The van der Waals surface area contributed by atoms with Gasteiger partial charge in [-0.1, -0.05) is 18.6 Å². The van der Waals surface area contributed by atoms with Gasteiger partial charge >= 0.3 is 0 Å². The van der Waals surface area contributed by atoms with Gasteiger partial charge in [-0.05, 0) is 41.5 Å². The molecule has 3 rings (SSSR count). The number of nitrogens with one attached hydrogen (secondary N) is 1. The van der Waals surface area contributed by atoms with Crippen molar-refractivity contribution < 1.29 is 4.92 Å². The van der Waals surface area contributed by atoms with E-state index < -0.39 is 0 Å². The first-order valence-corrected chi connectivity index (χ1v) is 6.67. The third kappa shape index (κ3) is 2.02. The molecule has 1 saturated carbocycles. The molecule has 0 radical (unpaired) electrons. The third-order valence-corrected chi connectivity index (χ3v) is 4.63. The second-order valence-electron chi connectivity index (χ2n) is 5.75. The van der Waals surface area contributed by atoms with Gasteiger partial charge in [-0.2, -0.15) is 0 Å². The average Bonchev–Trinajstić information content (AvgIpc) is 2.95. The summed E-state index contributed by atoms with van der Waals surface area (Å²) in [5.41, 5.74) is 1.14. The number of fused-ring (bicyclic) bond motifs is 1. The molecule has 0 spiro atoms. The lowest BCUT2D eigenvalue weighted by Gasteiger charge is -2.49. The Balaban J connectivity index is 1.83. The molecule has 0 aliphatic heterocycles. The molecule has 2 aliphatic carbocycles. The first-order chi connectivity index (χ1) is 9.13. The monoisotopic (exact) mass is 263 g/mol. The van der Waals surface area contributed by atoms with Crippen molar-refractivity contribution >= 4 is 0 Å². The Bertz CT molecular complexity index is 512. The van der Waals surface area contributed by atoms with Crippen LogP contribution < -0.4 is 0 Å². The first-order valence-electron chi connectivity index (χ1n) is 6.67. The standard InChI is InChI=1S/C12H17N5O2/c1-2-8-3-9-5-12(7-17(18)19,10(9)4-8)6-11-13-15-16-14-11/h4,9-10H,2-3,5-7H2,1H3,(H,13,14,15,16)/t9-,10?,12-/m1/s1. The summed E-state index contributed by atoms with van der Waals surface area (Å²) >= 11 is 0. The molecule has 1 fully saturated rings. The maximum Gasteiger partial charge on any atom is 0.210 e. The van der Waals surface area contributed by atoms with Crippen molar-refractivity contribution in [2.75, 3.05) is 6.54 Å². The lowest BCUT2D eigenvalue weighted by Crippen LogP contribution is -2.51. The van der Waals surface area contributed by atoms with Crippen molar-refractivity contribution in [3.05, 3.63) is 27.6 Å². The molecule has 3 atom stereocenters. The van der Waals surface area contributed by atoms with E-state index in [0.717, 1.165) is 19.3 Å². The summed E-state index contributed by atoms with van der Waals surface area (Å²) in [6.07, 6.45) is 5.89. The van der Waals surface area contributed by atoms with Gasteiger partial charge < -0.3 is 0 Å². The van der Waals surface area contributed by atoms with Crippen molar-refractivity contribution in [2.24, 2.45) is 17.3 Å². The summed E-state index contributed by atoms with van der Waals surface area (Å²) in [7, 11) is 0. The molecule has 0 amide bonds. The molecule has 1 unspecified atom stereocenters. The highest BCUT2D eigenvalue weighted by atomic mass is 16.6. The minimum Gasteiger partial charge on any atom is -0.265 e. The van der Waals surface area contributed by atoms with Crippen molar-refractivity contribution in [3.63, 3.8) is 0 Å². The Hall–Kier alpha value is -1.79. The Morgan fingerprint density at radius 2 is 2.47 bits per heavy atom. The highest BCUT2D eigenvalue weighted by Crippen LogP contribution is 2.59. The number of hydrogen-bond acceptors (Lipinski definition) is 5. The van der Waals surface area contributed by atoms with Crippen LogP contribution in [0.15, 0.2) is 11.6 Å². The maximum absolute atomic E-state index is 11.0. The maximum atomic E-state index is 11.0. The summed E-state index contributed by atoms with van der Waals surface area (Å²) in [6, 6.07) is 0. The van der Waals surface area contributed by atoms with Crippen LogP contribution in [0.4, 0.5) is 0 Å². The zero-order valence-electron chi connectivity index (χ0n) is 10.9. The van der Waals surface area contributed by atoms with E-state index in [2.05, 4.69) is 33.6 Å². The van der Waals surface area contributed by atoms with Crippen LogP contribution in [0.1, 0.15) is 32.0 Å². The predicted octanol–water partition coefficient (Wildman–Crippen LogP) is 1.38. The zero-order valence-corrected chi connectivity index (χ0v) is 10.9. The van der Waals surface area contributed by atoms with Crippen LogP contribution in [-0.4, -0.2) is 32.1 Å². The van der Waals surface area contributed by atoms with Gasteiger partial charge in [0.25, 0.3) is 0 Å². The Morgan fingerprint density at radius 1 is 1.63 bits per heavy atom. The fraction of sp³-hybridized carbons (Fsp3) is 0.750. The number of rotatable bonds is 5. The molecule has 1 aromatic heterocycles. The second kappa shape index (κ2) is 4.40. The lowest BCUT2D eigenvalue weighted by atomic mass is 9.53. The van der Waals surface area contributed by atoms with Crippen LogP contribution in [0.25, 0.3) is 0 Å². The van der Waals surface area contributed by atoms with Gasteiger partial charge in [-0.15, -0.1) is 5.10 Å². The number of nitro groups is 1. The van der Waals surface area contributed by atoms with E-state index in [1.807, 2.05) is 0 Å². The minimum absolute atomic E-state index is 0.00234. The van der Waals surface area contributed by atoms with Crippen LogP contribution in [0.5, 0.6) is 0 Å². The molecule has 7 nitrogen and oxygen atoms in total. The molecule has 102 valence electrons. The highest BCUT2D eigenvalue weighted by Gasteiger charge is 2.58. The largest absolute Gasteiger partial charge is 0.265 e. The SMILES string of the molecule is CCC1=CC2[C@H](C1)C[C@@]2(Cc1nnn[nH]1)C[N+](=O)[O-]. The Morgan fingerprint density at radius 3 is 3.11 bits per heavy atom. The number of aromatic amines is 1. The number of hydrogen-bond donors (Lipinski definition) is 1. The Kier molecular flexibility index (Phi) is 2.83. The van der Waals surface area contributed by atoms with Gasteiger partial charge in [0.1, 0.15) is 5.82 Å². The van der Waals surface area contributed by atoms with Gasteiger partial charge in [0, 0.05) is 16.8 Å². The molecular weight excluding hydrogens is 246 g/mol. The molecule has 1 N–H and O–H groups in total. The molecule has 0 bridgehead atoms. The van der Waals surface area contributed by atoms with E-state index in [1.165, 1.54) is 5.57 Å². The predicted molar refractivity (Wildman–Crippen MR) is 66.8 cm³/mol. The van der Waals surface area contributed by atoms with E-state index in [-0.39, 0.29) is 16.9 Å². The van der Waals surface area contributed by atoms with Crippen LogP contribution in [0.3, 0.4) is 0 Å². The molecule has 1 heterocycles. The normalized spacial score (nSPS) is 32.6. The molecule has 2 aliphatic rings. The summed E-state index contributed by atoms with van der Waals surface area (Å²) in [5.74, 6) is 1.56. The van der Waals surface area contributed by atoms with Crippen molar-refractivity contribution in [3.8, 4) is 0 Å². The van der Waals surface area contributed by atoms with Crippen molar-refractivity contribution in [1.82, 2.24) is 20.6 Å². The van der Waals surface area contributed by atoms with Crippen molar-refractivity contribution in [1.29, 1.82) is 0 Å². The Labute approximate surface area is 110 Å². The van der Waals surface area contributed by atoms with Gasteiger partial charge in [-0.25, -0.2) is 5.10 Å². The number of allylic oxidation sites excluding steroid dienone is 2. The molecule has 0 saturated heterocycles. The molecule has 1 aromatic rings. The summed E-state index contributed by atoms with van der Waals surface area (Å²) in [6.45, 7) is 2.15. The van der Waals surface area contributed by atoms with Crippen LogP contribution in [0, 0.1) is 27.4 Å². The van der Waals surface area contributed by atoms with Gasteiger partial charge in [0.05, 0.1) is 0 Å². The molecular formula is C12H17N5O2. The molecule has 0 aromatic carbocycles. The molecule has 7 heteroatoms. The summed E-state index contributed by atoms with van der Waals surface area (Å²) in [4.78, 5) is 10.8. The summed E-state index contributed by atoms with van der Waals surface area (Å²) in [5, 5.41) is 24.7. The number of nitrogens with zero attached hydrogens (tertiary/aromatic N) is 4. The van der Waals surface area contributed by atoms with E-state index in [1.54, 1.807) is 0 Å². The van der Waals surface area contributed by atoms with Crippen LogP contribution in [0.2, 0.25) is 0 Å². The lowest BCUT2D eigenvalue weighted by molar-refractivity contribution is -0.506. The van der Waals surface area contributed by atoms with Gasteiger partial charge in [0.2, 0.25) is 6.54 Å². The topological polar surface area (TPSA) is 97.6 Å². The van der Waals surface area contributed by atoms with Gasteiger partial charge in [-0.3, -0.25) is 10.1 Å². The van der Waals surface area contributed by atoms with E-state index in [9.17, 15) is 10.1 Å². The van der Waals surface area contributed by atoms with E-state index >= 15 is 0 Å². The fourth-order valence-corrected chi connectivity index (χ4v) is 3.82. The number of tetrazole rings is 1. The highest BCUT2D eigenvalue weighted by molar-refractivity contribution is 5.24. The second-order valence-corrected chi connectivity index (χ2v) is 5.75. The first kappa shape index (κ1) is 12.3. The zero-order chi connectivity index (χ0) is 13.5. The average molecular weight is 263 g/mol. The van der Waals surface area contributed by atoms with E-state index in [4.69, 9.17) is 0 Å². The minimum atomic E-state index is -0.299. The van der Waals surface area contributed by atoms with Crippen LogP contribution in [-0.2, 0) is 6.42 Å². The van der Waals surface area contributed by atoms with Gasteiger partial charge in [0.15, 0.2) is 0 Å². The third-order valence-electron chi connectivity index (χ3n) is 4.63. The number of aromatic nitrogens is 4. The summed E-state index contributed by atoms with van der Waals surface area (Å²) < 4.78 is 0. The van der Waals surface area contributed by atoms with E-state index in [0.29, 0.717) is 24.1 Å².